The van der Waals surface area contributed by atoms with Gasteiger partial charge in [-0.05, 0) is 98.2 Å². The Morgan fingerprint density at radius 1 is 0.977 bits per heavy atom. The Hall–Kier alpha value is -4.51. The molecule has 2 amide bonds. The van der Waals surface area contributed by atoms with E-state index in [1.54, 1.807) is 55.5 Å². The summed E-state index contributed by atoms with van der Waals surface area (Å²) < 4.78 is 16.2. The van der Waals surface area contributed by atoms with Crippen molar-refractivity contribution in [2.75, 3.05) is 18.5 Å². The van der Waals surface area contributed by atoms with Crippen molar-refractivity contribution in [2.45, 2.75) is 52.9 Å². The first kappa shape index (κ1) is 31.4. The minimum atomic E-state index is -0.988. The van der Waals surface area contributed by atoms with Gasteiger partial charge in [-0.3, -0.25) is 9.59 Å². The summed E-state index contributed by atoms with van der Waals surface area (Å²) in [5, 5.41) is 6.72. The molecule has 0 aliphatic heterocycles. The van der Waals surface area contributed by atoms with Gasteiger partial charge in [0, 0.05) is 4.88 Å². The fourth-order valence-corrected chi connectivity index (χ4v) is 5.84. The molecule has 0 fully saturated rings. The number of ether oxygens (including phenoxy) is 3. The summed E-state index contributed by atoms with van der Waals surface area (Å²) in [6.07, 6.45) is 5.81. The first-order valence-corrected chi connectivity index (χ1v) is 15.1. The Morgan fingerprint density at radius 3 is 2.40 bits per heavy atom. The molecule has 1 aliphatic rings. The Bertz CT molecular complexity index is 1480. The van der Waals surface area contributed by atoms with Crippen molar-refractivity contribution in [1.82, 2.24) is 5.43 Å². The molecule has 1 aromatic heterocycles. The fraction of sp³-hybridized carbons (Fsp3) is 0.344. The van der Waals surface area contributed by atoms with Gasteiger partial charge < -0.3 is 19.5 Å². The molecular formula is C32H35N3O7S. The van der Waals surface area contributed by atoms with Gasteiger partial charge in [0.15, 0.2) is 0 Å². The SMILES string of the molecule is CCCCOc1ccc(C(=O)Oc2ccc(/C=N\NC(=O)C(=O)Nc3sc4c(c3C(=O)OCC)CC[C@H](C)C4)cc2)cc1. The molecule has 0 saturated carbocycles. The highest BCUT2D eigenvalue weighted by molar-refractivity contribution is 7.17. The van der Waals surface area contributed by atoms with E-state index in [0.717, 1.165) is 36.1 Å². The van der Waals surface area contributed by atoms with Gasteiger partial charge >= 0.3 is 23.8 Å². The molecule has 4 rings (SSSR count). The molecule has 11 heteroatoms. The Labute approximate surface area is 254 Å². The minimum absolute atomic E-state index is 0.203. The second-order valence-corrected chi connectivity index (χ2v) is 11.2. The predicted octanol–water partition coefficient (Wildman–Crippen LogP) is 5.54. The van der Waals surface area contributed by atoms with Crippen LogP contribution in [0, 0.1) is 5.92 Å². The number of esters is 2. The summed E-state index contributed by atoms with van der Waals surface area (Å²) in [5.41, 5.74) is 4.39. The Morgan fingerprint density at radius 2 is 1.70 bits per heavy atom. The third kappa shape index (κ3) is 8.51. The number of benzene rings is 2. The highest BCUT2D eigenvalue weighted by Crippen LogP contribution is 2.40. The Kier molecular flexibility index (Phi) is 11.0. The number of carbonyl (C=O) groups is 4. The number of thiophene rings is 1. The molecule has 1 heterocycles. The number of unbranched alkanes of at least 4 members (excludes halogenated alkanes) is 1. The number of amides is 2. The van der Waals surface area contributed by atoms with Gasteiger partial charge in [-0.15, -0.1) is 11.3 Å². The number of carbonyl (C=O) groups excluding carboxylic acids is 4. The second kappa shape index (κ2) is 15.1. The molecular weight excluding hydrogens is 570 g/mol. The molecule has 2 N–H and O–H groups in total. The zero-order valence-electron chi connectivity index (χ0n) is 24.4. The summed E-state index contributed by atoms with van der Waals surface area (Å²) in [4.78, 5) is 51.2. The molecule has 3 aromatic rings. The van der Waals surface area contributed by atoms with Crippen molar-refractivity contribution < 1.29 is 33.4 Å². The van der Waals surface area contributed by atoms with Crippen LogP contribution < -0.4 is 20.2 Å². The van der Waals surface area contributed by atoms with Crippen molar-refractivity contribution >= 4 is 46.3 Å². The van der Waals surface area contributed by atoms with E-state index in [-0.39, 0.29) is 6.61 Å². The summed E-state index contributed by atoms with van der Waals surface area (Å²) in [7, 11) is 0. The van der Waals surface area contributed by atoms with Crippen molar-refractivity contribution in [1.29, 1.82) is 0 Å². The molecule has 0 radical (unpaired) electrons. The summed E-state index contributed by atoms with van der Waals surface area (Å²) >= 11 is 1.30. The minimum Gasteiger partial charge on any atom is -0.494 e. The number of hydrogen-bond acceptors (Lipinski definition) is 9. The summed E-state index contributed by atoms with van der Waals surface area (Å²) in [6, 6.07) is 13.2. The smallest absolute Gasteiger partial charge is 0.343 e. The van der Waals surface area contributed by atoms with E-state index in [1.165, 1.54) is 17.6 Å². The van der Waals surface area contributed by atoms with Gasteiger partial charge in [-0.25, -0.2) is 15.0 Å². The quantitative estimate of drug-likeness (QED) is 0.0733. The molecule has 1 aliphatic carbocycles. The molecule has 2 aromatic carbocycles. The lowest BCUT2D eigenvalue weighted by molar-refractivity contribution is -0.136. The standard InChI is InChI=1S/C32H35N3O7S/c1-4-6-17-41-23-14-10-22(11-15-23)31(38)42-24-12-8-21(9-13-24)19-33-35-29(37)28(36)34-30-27(32(39)40-5-2)25-16-7-20(3)18-26(25)43-30/h8-15,19-20H,4-7,16-18H2,1-3H3,(H,34,36)(H,35,37)/b33-19-/t20-/m0/s1. The highest BCUT2D eigenvalue weighted by atomic mass is 32.1. The van der Waals surface area contributed by atoms with Gasteiger partial charge in [-0.1, -0.05) is 20.3 Å². The molecule has 43 heavy (non-hydrogen) atoms. The second-order valence-electron chi connectivity index (χ2n) is 10.1. The maximum atomic E-state index is 12.6. The lowest BCUT2D eigenvalue weighted by Gasteiger charge is -2.18. The van der Waals surface area contributed by atoms with E-state index in [2.05, 4.69) is 29.7 Å². The van der Waals surface area contributed by atoms with Gasteiger partial charge in [-0.2, -0.15) is 5.10 Å². The van der Waals surface area contributed by atoms with Gasteiger partial charge in [0.25, 0.3) is 0 Å². The monoisotopic (exact) mass is 605 g/mol. The first-order valence-electron chi connectivity index (χ1n) is 14.3. The van der Waals surface area contributed by atoms with E-state index in [0.29, 0.717) is 52.1 Å². The van der Waals surface area contributed by atoms with Crippen LogP contribution in [0.2, 0.25) is 0 Å². The van der Waals surface area contributed by atoms with Crippen LogP contribution in [0.5, 0.6) is 11.5 Å². The van der Waals surface area contributed by atoms with Gasteiger partial charge in [0.2, 0.25) is 0 Å². The number of nitrogens with one attached hydrogen (secondary N) is 2. The zero-order valence-corrected chi connectivity index (χ0v) is 25.3. The average molecular weight is 606 g/mol. The number of hydrazone groups is 1. The topological polar surface area (TPSA) is 132 Å². The predicted molar refractivity (Wildman–Crippen MR) is 164 cm³/mol. The molecule has 0 bridgehead atoms. The van der Waals surface area contributed by atoms with Crippen LogP contribution in [-0.2, 0) is 27.2 Å². The van der Waals surface area contributed by atoms with Gasteiger partial charge in [0.05, 0.1) is 30.6 Å². The normalized spacial score (nSPS) is 14.1. The van der Waals surface area contributed by atoms with E-state index in [1.807, 2.05) is 0 Å². The molecule has 0 unspecified atom stereocenters. The molecule has 10 nitrogen and oxygen atoms in total. The van der Waals surface area contributed by atoms with E-state index >= 15 is 0 Å². The number of nitrogens with zero attached hydrogens (tertiary/aromatic N) is 1. The number of anilines is 1. The van der Waals surface area contributed by atoms with Crippen molar-refractivity contribution in [3.8, 4) is 11.5 Å². The van der Waals surface area contributed by atoms with Crippen LogP contribution in [0.3, 0.4) is 0 Å². The lowest BCUT2D eigenvalue weighted by Crippen LogP contribution is -2.32. The van der Waals surface area contributed by atoms with Crippen molar-refractivity contribution in [3.05, 3.63) is 75.7 Å². The molecule has 0 saturated heterocycles. The van der Waals surface area contributed by atoms with Crippen LogP contribution in [0.15, 0.2) is 53.6 Å². The van der Waals surface area contributed by atoms with Crippen LogP contribution >= 0.6 is 11.3 Å². The Balaban J connectivity index is 1.30. The zero-order chi connectivity index (χ0) is 30.8. The van der Waals surface area contributed by atoms with Crippen molar-refractivity contribution in [3.63, 3.8) is 0 Å². The van der Waals surface area contributed by atoms with E-state index < -0.39 is 23.8 Å². The van der Waals surface area contributed by atoms with Crippen LogP contribution in [0.25, 0.3) is 0 Å². The van der Waals surface area contributed by atoms with Crippen molar-refractivity contribution in [2.24, 2.45) is 11.0 Å². The van der Waals surface area contributed by atoms with E-state index in [9.17, 15) is 19.2 Å². The number of rotatable bonds is 11. The lowest BCUT2D eigenvalue weighted by atomic mass is 9.88. The number of hydrogen-bond donors (Lipinski definition) is 2. The van der Waals surface area contributed by atoms with Crippen LogP contribution in [0.4, 0.5) is 5.00 Å². The molecule has 1 atom stereocenters. The third-order valence-corrected chi connectivity index (χ3v) is 7.92. The molecule has 0 spiro atoms. The summed E-state index contributed by atoms with van der Waals surface area (Å²) in [5.74, 6) is -1.46. The third-order valence-electron chi connectivity index (χ3n) is 6.75. The van der Waals surface area contributed by atoms with Gasteiger partial charge in [0.1, 0.15) is 16.5 Å². The van der Waals surface area contributed by atoms with E-state index in [4.69, 9.17) is 14.2 Å². The first-order chi connectivity index (χ1) is 20.8. The van der Waals surface area contributed by atoms with Crippen LogP contribution in [0.1, 0.15) is 76.8 Å². The molecule has 226 valence electrons. The maximum absolute atomic E-state index is 12.6. The summed E-state index contributed by atoms with van der Waals surface area (Å²) in [6.45, 7) is 6.77. The average Bonchev–Trinajstić information content (AvgIpc) is 3.35. The largest absolute Gasteiger partial charge is 0.494 e. The van der Waals surface area contributed by atoms with Crippen LogP contribution in [-0.4, -0.2) is 43.2 Å². The number of fused-ring (bicyclic) bond motifs is 1. The maximum Gasteiger partial charge on any atom is 0.343 e. The fourth-order valence-electron chi connectivity index (χ4n) is 4.44. The highest BCUT2D eigenvalue weighted by Gasteiger charge is 2.30.